The summed E-state index contributed by atoms with van der Waals surface area (Å²) in [5.41, 5.74) is 0.255. The smallest absolute Gasteiger partial charge is 0.321 e. The molecule has 1 aliphatic rings. The van der Waals surface area contributed by atoms with Gasteiger partial charge in [-0.3, -0.25) is 14.9 Å². The quantitative estimate of drug-likeness (QED) is 0.567. The van der Waals surface area contributed by atoms with Crippen molar-refractivity contribution in [2.24, 2.45) is 17.3 Å². The molecule has 3 amide bonds. The van der Waals surface area contributed by atoms with Crippen molar-refractivity contribution in [1.82, 2.24) is 10.6 Å². The van der Waals surface area contributed by atoms with E-state index in [4.69, 9.17) is 9.47 Å². The number of rotatable bonds is 6. The van der Waals surface area contributed by atoms with Crippen LogP contribution in [0.25, 0.3) is 0 Å². The van der Waals surface area contributed by atoms with Gasteiger partial charge in [0.05, 0.1) is 12.5 Å². The third kappa shape index (κ3) is 7.29. The van der Waals surface area contributed by atoms with Gasteiger partial charge in [0.1, 0.15) is 0 Å². The van der Waals surface area contributed by atoms with Crippen molar-refractivity contribution in [3.05, 3.63) is 0 Å². The van der Waals surface area contributed by atoms with E-state index < -0.39 is 18.5 Å². The molecule has 0 aromatic heterocycles. The highest BCUT2D eigenvalue weighted by molar-refractivity contribution is 5.95. The third-order valence-corrected chi connectivity index (χ3v) is 4.48. The zero-order valence-corrected chi connectivity index (χ0v) is 15.1. The summed E-state index contributed by atoms with van der Waals surface area (Å²) in [7, 11) is 1.51. The summed E-state index contributed by atoms with van der Waals surface area (Å²) in [6, 6.07) is -0.626. The minimum Gasteiger partial charge on any atom is -0.455 e. The van der Waals surface area contributed by atoms with E-state index in [0.717, 1.165) is 25.7 Å². The summed E-state index contributed by atoms with van der Waals surface area (Å²) in [6.07, 6.45) is 3.58. The molecule has 1 aliphatic carbocycles. The van der Waals surface area contributed by atoms with Crippen LogP contribution in [0.5, 0.6) is 0 Å². The maximum atomic E-state index is 12.0. The van der Waals surface area contributed by atoms with Crippen LogP contribution < -0.4 is 10.6 Å². The fourth-order valence-corrected chi connectivity index (χ4v) is 2.92. The first-order valence-corrected chi connectivity index (χ1v) is 8.47. The molecule has 0 aromatic rings. The number of amides is 3. The average molecular weight is 342 g/mol. The van der Waals surface area contributed by atoms with Gasteiger partial charge in [0.25, 0.3) is 5.91 Å². The van der Waals surface area contributed by atoms with Gasteiger partial charge in [-0.15, -0.1) is 0 Å². The Balaban J connectivity index is 2.24. The first-order chi connectivity index (χ1) is 11.2. The second kappa shape index (κ2) is 9.61. The standard InChI is InChI=1S/C17H30N2O5/c1-17(2,3)13-7-5-12(6-8-13)15(21)24-11-14(20)19-16(22)18-9-10-23-4/h12-13H,5-11H2,1-4H3,(H2,18,19,20,22). The maximum absolute atomic E-state index is 12.0. The first-order valence-electron chi connectivity index (χ1n) is 8.47. The summed E-state index contributed by atoms with van der Waals surface area (Å²) in [4.78, 5) is 35.0. The number of ether oxygens (including phenoxy) is 2. The predicted molar refractivity (Wildman–Crippen MR) is 89.3 cm³/mol. The van der Waals surface area contributed by atoms with Gasteiger partial charge in [-0.1, -0.05) is 20.8 Å². The number of carbonyl (C=O) groups excluding carboxylic acids is 3. The number of hydrogen-bond donors (Lipinski definition) is 2. The molecular weight excluding hydrogens is 312 g/mol. The molecule has 0 bridgehead atoms. The van der Waals surface area contributed by atoms with E-state index in [9.17, 15) is 14.4 Å². The van der Waals surface area contributed by atoms with Crippen LogP contribution in [-0.2, 0) is 19.1 Å². The van der Waals surface area contributed by atoms with Crippen LogP contribution in [0.1, 0.15) is 46.5 Å². The topological polar surface area (TPSA) is 93.7 Å². The van der Waals surface area contributed by atoms with Crippen molar-refractivity contribution < 1.29 is 23.9 Å². The van der Waals surface area contributed by atoms with E-state index in [0.29, 0.717) is 19.1 Å². The number of imide groups is 1. The van der Waals surface area contributed by atoms with E-state index in [-0.39, 0.29) is 17.3 Å². The molecule has 0 unspecified atom stereocenters. The average Bonchev–Trinajstić information content (AvgIpc) is 2.52. The zero-order chi connectivity index (χ0) is 18.2. The Morgan fingerprint density at radius 3 is 2.25 bits per heavy atom. The Labute approximate surface area is 143 Å². The van der Waals surface area contributed by atoms with Crippen LogP contribution in [0.4, 0.5) is 4.79 Å². The van der Waals surface area contributed by atoms with Gasteiger partial charge in [0.2, 0.25) is 0 Å². The van der Waals surface area contributed by atoms with Gasteiger partial charge in [0, 0.05) is 13.7 Å². The van der Waals surface area contributed by atoms with E-state index in [1.165, 1.54) is 7.11 Å². The van der Waals surface area contributed by atoms with E-state index in [2.05, 4.69) is 31.4 Å². The molecule has 0 saturated heterocycles. The number of esters is 1. The van der Waals surface area contributed by atoms with Crippen LogP contribution in [0.2, 0.25) is 0 Å². The van der Waals surface area contributed by atoms with Crippen LogP contribution in [0.3, 0.4) is 0 Å². The van der Waals surface area contributed by atoms with Gasteiger partial charge in [-0.05, 0) is 37.0 Å². The minimum atomic E-state index is -0.637. The third-order valence-electron chi connectivity index (χ3n) is 4.48. The molecule has 24 heavy (non-hydrogen) atoms. The maximum Gasteiger partial charge on any atom is 0.321 e. The van der Waals surface area contributed by atoms with E-state index in [1.54, 1.807) is 0 Å². The van der Waals surface area contributed by atoms with Gasteiger partial charge in [0.15, 0.2) is 6.61 Å². The molecule has 0 heterocycles. The molecule has 1 rings (SSSR count). The number of methoxy groups -OCH3 is 1. The highest BCUT2D eigenvalue weighted by Gasteiger charge is 2.33. The van der Waals surface area contributed by atoms with E-state index >= 15 is 0 Å². The van der Waals surface area contributed by atoms with Crippen molar-refractivity contribution in [3.63, 3.8) is 0 Å². The molecule has 0 aromatic carbocycles. The number of urea groups is 1. The van der Waals surface area contributed by atoms with Crippen molar-refractivity contribution in [2.45, 2.75) is 46.5 Å². The largest absolute Gasteiger partial charge is 0.455 e. The molecule has 138 valence electrons. The Bertz CT molecular complexity index is 437. The molecule has 1 saturated carbocycles. The molecule has 7 nitrogen and oxygen atoms in total. The monoisotopic (exact) mass is 342 g/mol. The van der Waals surface area contributed by atoms with Crippen molar-refractivity contribution >= 4 is 17.9 Å². The summed E-state index contributed by atoms with van der Waals surface area (Å²) in [6.45, 7) is 6.88. The zero-order valence-electron chi connectivity index (χ0n) is 15.1. The second-order valence-electron chi connectivity index (χ2n) is 7.32. The first kappa shape index (κ1) is 20.4. The molecule has 1 fully saturated rings. The highest BCUT2D eigenvalue weighted by Crippen LogP contribution is 2.40. The van der Waals surface area contributed by atoms with Gasteiger partial charge < -0.3 is 14.8 Å². The molecular formula is C17H30N2O5. The van der Waals surface area contributed by atoms with Crippen molar-refractivity contribution in [2.75, 3.05) is 26.9 Å². The fourth-order valence-electron chi connectivity index (χ4n) is 2.92. The van der Waals surface area contributed by atoms with Crippen LogP contribution in [-0.4, -0.2) is 44.8 Å². The molecule has 2 N–H and O–H groups in total. The van der Waals surface area contributed by atoms with E-state index in [1.807, 2.05) is 0 Å². The summed E-state index contributed by atoms with van der Waals surface area (Å²) in [5, 5.41) is 4.55. The van der Waals surface area contributed by atoms with Crippen molar-refractivity contribution in [3.8, 4) is 0 Å². The van der Waals surface area contributed by atoms with Crippen molar-refractivity contribution in [1.29, 1.82) is 0 Å². The fraction of sp³-hybridized carbons (Fsp3) is 0.824. The van der Waals surface area contributed by atoms with Gasteiger partial charge in [-0.25, -0.2) is 4.79 Å². The molecule has 0 aliphatic heterocycles. The molecule has 0 radical (unpaired) electrons. The lowest BCUT2D eigenvalue weighted by molar-refractivity contribution is -0.153. The van der Waals surface area contributed by atoms with Crippen LogP contribution in [0.15, 0.2) is 0 Å². The molecule has 0 atom stereocenters. The normalized spacial score (nSPS) is 21.0. The Morgan fingerprint density at radius 1 is 1.08 bits per heavy atom. The Morgan fingerprint density at radius 2 is 1.71 bits per heavy atom. The Kier molecular flexibility index (Phi) is 8.18. The number of carbonyl (C=O) groups is 3. The summed E-state index contributed by atoms with van der Waals surface area (Å²) in [5.74, 6) is -0.522. The summed E-state index contributed by atoms with van der Waals surface area (Å²) >= 11 is 0. The Hall–Kier alpha value is -1.63. The lowest BCUT2D eigenvalue weighted by Crippen LogP contribution is -2.42. The number of hydrogen-bond acceptors (Lipinski definition) is 5. The lowest BCUT2D eigenvalue weighted by Gasteiger charge is -2.36. The highest BCUT2D eigenvalue weighted by atomic mass is 16.5. The summed E-state index contributed by atoms with van der Waals surface area (Å²) < 4.78 is 9.81. The van der Waals surface area contributed by atoms with Gasteiger partial charge in [-0.2, -0.15) is 0 Å². The van der Waals surface area contributed by atoms with Crippen LogP contribution >= 0.6 is 0 Å². The number of nitrogens with one attached hydrogen (secondary N) is 2. The minimum absolute atomic E-state index is 0.146. The molecule has 0 spiro atoms. The lowest BCUT2D eigenvalue weighted by atomic mass is 9.70. The molecule has 7 heteroatoms. The van der Waals surface area contributed by atoms with Gasteiger partial charge >= 0.3 is 12.0 Å². The second-order valence-corrected chi connectivity index (χ2v) is 7.32. The van der Waals surface area contributed by atoms with Crippen LogP contribution in [0, 0.1) is 17.3 Å². The SMILES string of the molecule is COCCNC(=O)NC(=O)COC(=O)C1CCC(C(C)(C)C)CC1. The predicted octanol–water partition coefficient (Wildman–Crippen LogP) is 1.85.